The van der Waals surface area contributed by atoms with Crippen LogP contribution in [0.2, 0.25) is 0 Å². The third kappa shape index (κ3) is 3.69. The molecule has 0 spiro atoms. The van der Waals surface area contributed by atoms with Crippen LogP contribution < -0.4 is 9.47 Å². The predicted octanol–water partition coefficient (Wildman–Crippen LogP) is 3.74. The first-order valence-corrected chi connectivity index (χ1v) is 6.34. The second-order valence-electron chi connectivity index (χ2n) is 4.31. The van der Waals surface area contributed by atoms with Crippen LogP contribution in [0.15, 0.2) is 48.5 Å². The van der Waals surface area contributed by atoms with Gasteiger partial charge in [-0.25, -0.2) is 4.39 Å². The Kier molecular flexibility index (Phi) is 4.72. The Morgan fingerprint density at radius 3 is 2.19 bits per heavy atom. The maximum atomic E-state index is 13.7. The predicted molar refractivity (Wildman–Crippen MR) is 79.3 cm³/mol. The highest BCUT2D eigenvalue weighted by Crippen LogP contribution is 2.18. The summed E-state index contributed by atoms with van der Waals surface area (Å²) < 4.78 is 23.7. The Labute approximate surface area is 122 Å². The molecule has 108 valence electrons. The minimum atomic E-state index is -0.437. The van der Waals surface area contributed by atoms with Gasteiger partial charge in [-0.15, -0.1) is 0 Å². The van der Waals surface area contributed by atoms with Crippen molar-refractivity contribution in [3.8, 4) is 11.5 Å². The summed E-state index contributed by atoms with van der Waals surface area (Å²) in [6.45, 7) is 0. The molecule has 0 aliphatic rings. The average molecular weight is 286 g/mol. The molecule has 0 unspecified atom stereocenters. The molecular weight excluding hydrogens is 271 g/mol. The molecule has 0 aliphatic heterocycles. The number of carbonyl (C=O) groups is 1. The lowest BCUT2D eigenvalue weighted by Crippen LogP contribution is -1.94. The minimum absolute atomic E-state index is 0.201. The van der Waals surface area contributed by atoms with Crippen LogP contribution in [0.4, 0.5) is 4.39 Å². The van der Waals surface area contributed by atoms with Crippen molar-refractivity contribution in [2.75, 3.05) is 14.2 Å². The summed E-state index contributed by atoms with van der Waals surface area (Å²) >= 11 is 0. The normalized spacial score (nSPS) is 10.6. The van der Waals surface area contributed by atoms with Crippen LogP contribution in [0.1, 0.15) is 15.9 Å². The molecule has 0 heterocycles. The molecule has 0 aromatic heterocycles. The van der Waals surface area contributed by atoms with Gasteiger partial charge in [0.1, 0.15) is 17.3 Å². The van der Waals surface area contributed by atoms with Gasteiger partial charge in [-0.2, -0.15) is 0 Å². The largest absolute Gasteiger partial charge is 0.497 e. The third-order valence-corrected chi connectivity index (χ3v) is 3.00. The third-order valence-electron chi connectivity index (χ3n) is 3.00. The molecule has 0 aliphatic carbocycles. The van der Waals surface area contributed by atoms with Crippen LogP contribution in [0.3, 0.4) is 0 Å². The summed E-state index contributed by atoms with van der Waals surface area (Å²) in [4.78, 5) is 12.0. The van der Waals surface area contributed by atoms with Crippen molar-refractivity contribution < 1.29 is 18.7 Å². The van der Waals surface area contributed by atoms with E-state index < -0.39 is 5.82 Å². The first-order chi connectivity index (χ1) is 10.1. The van der Waals surface area contributed by atoms with Crippen molar-refractivity contribution >= 4 is 11.9 Å². The number of ether oxygens (including phenoxy) is 2. The molecule has 21 heavy (non-hydrogen) atoms. The molecule has 0 radical (unpaired) electrons. The lowest BCUT2D eigenvalue weighted by atomic mass is 10.1. The summed E-state index contributed by atoms with van der Waals surface area (Å²) in [5.41, 5.74) is 0.846. The van der Waals surface area contributed by atoms with Crippen molar-refractivity contribution in [3.05, 3.63) is 65.5 Å². The van der Waals surface area contributed by atoms with E-state index in [1.807, 2.05) is 0 Å². The van der Waals surface area contributed by atoms with Crippen LogP contribution in [0.5, 0.6) is 11.5 Å². The van der Waals surface area contributed by atoms with Gasteiger partial charge in [0, 0.05) is 17.2 Å². The van der Waals surface area contributed by atoms with Gasteiger partial charge < -0.3 is 9.47 Å². The maximum absolute atomic E-state index is 13.7. The van der Waals surface area contributed by atoms with Gasteiger partial charge in [-0.1, -0.05) is 0 Å². The van der Waals surface area contributed by atoms with Crippen molar-refractivity contribution in [3.63, 3.8) is 0 Å². The number of methoxy groups -OCH3 is 2. The zero-order valence-corrected chi connectivity index (χ0v) is 11.8. The second kappa shape index (κ2) is 6.70. The Bertz CT molecular complexity index is 660. The van der Waals surface area contributed by atoms with Crippen molar-refractivity contribution in [2.24, 2.45) is 0 Å². The fraction of sp³-hybridized carbons (Fsp3) is 0.118. The van der Waals surface area contributed by atoms with Crippen molar-refractivity contribution in [1.82, 2.24) is 0 Å². The molecule has 0 atom stereocenters. The molecule has 0 N–H and O–H groups in total. The lowest BCUT2D eigenvalue weighted by molar-refractivity contribution is 0.104. The number of hydrogen-bond acceptors (Lipinski definition) is 3. The van der Waals surface area contributed by atoms with Crippen LogP contribution in [0, 0.1) is 5.82 Å². The summed E-state index contributed by atoms with van der Waals surface area (Å²) in [6.07, 6.45) is 2.79. The van der Waals surface area contributed by atoms with E-state index in [0.29, 0.717) is 22.6 Å². The summed E-state index contributed by atoms with van der Waals surface area (Å²) in [5.74, 6) is 0.476. The van der Waals surface area contributed by atoms with E-state index in [-0.39, 0.29) is 5.78 Å². The van der Waals surface area contributed by atoms with E-state index in [1.54, 1.807) is 43.5 Å². The SMILES string of the molecule is COc1ccc(C(=O)/C=C/c2ccc(OC)cc2F)cc1. The summed E-state index contributed by atoms with van der Waals surface area (Å²) in [5, 5.41) is 0. The van der Waals surface area contributed by atoms with Gasteiger partial charge in [-0.3, -0.25) is 4.79 Å². The number of ketones is 1. The van der Waals surface area contributed by atoms with Crippen LogP contribution in [0.25, 0.3) is 6.08 Å². The molecule has 3 nitrogen and oxygen atoms in total. The molecule has 0 saturated carbocycles. The fourth-order valence-corrected chi connectivity index (χ4v) is 1.79. The monoisotopic (exact) mass is 286 g/mol. The van der Waals surface area contributed by atoms with E-state index in [1.165, 1.54) is 25.3 Å². The topological polar surface area (TPSA) is 35.5 Å². The Morgan fingerprint density at radius 1 is 1.00 bits per heavy atom. The van der Waals surface area contributed by atoms with Gasteiger partial charge >= 0.3 is 0 Å². The molecule has 2 aromatic carbocycles. The Morgan fingerprint density at radius 2 is 1.62 bits per heavy atom. The van der Waals surface area contributed by atoms with E-state index in [4.69, 9.17) is 9.47 Å². The molecule has 4 heteroatoms. The second-order valence-corrected chi connectivity index (χ2v) is 4.31. The zero-order valence-electron chi connectivity index (χ0n) is 11.8. The smallest absolute Gasteiger partial charge is 0.185 e. The highest BCUT2D eigenvalue weighted by atomic mass is 19.1. The van der Waals surface area contributed by atoms with Crippen LogP contribution >= 0.6 is 0 Å². The number of allylic oxidation sites excluding steroid dienone is 1. The van der Waals surface area contributed by atoms with Gasteiger partial charge in [0.05, 0.1) is 14.2 Å². The number of hydrogen-bond donors (Lipinski definition) is 0. The Balaban J connectivity index is 2.14. The maximum Gasteiger partial charge on any atom is 0.185 e. The van der Waals surface area contributed by atoms with E-state index in [2.05, 4.69) is 0 Å². The molecule has 0 saturated heterocycles. The molecular formula is C17H15FO3. The van der Waals surface area contributed by atoms with E-state index >= 15 is 0 Å². The average Bonchev–Trinajstić information content (AvgIpc) is 2.53. The molecule has 0 fully saturated rings. The van der Waals surface area contributed by atoms with E-state index in [9.17, 15) is 9.18 Å². The summed E-state index contributed by atoms with van der Waals surface area (Å²) in [6, 6.07) is 11.2. The zero-order chi connectivity index (χ0) is 15.2. The molecule has 0 amide bonds. The molecule has 0 bridgehead atoms. The molecule has 2 rings (SSSR count). The fourth-order valence-electron chi connectivity index (χ4n) is 1.79. The highest BCUT2D eigenvalue weighted by molar-refractivity contribution is 6.06. The van der Waals surface area contributed by atoms with Crippen LogP contribution in [-0.2, 0) is 0 Å². The standard InChI is InChI=1S/C17H15FO3/c1-20-14-7-4-13(5-8-14)17(19)10-6-12-3-9-15(21-2)11-16(12)18/h3-11H,1-2H3/b10-6+. The number of carbonyl (C=O) groups excluding carboxylic acids is 1. The number of rotatable bonds is 5. The Hall–Kier alpha value is -2.62. The van der Waals surface area contributed by atoms with Gasteiger partial charge in [0.15, 0.2) is 5.78 Å². The van der Waals surface area contributed by atoms with Gasteiger partial charge in [0.2, 0.25) is 0 Å². The van der Waals surface area contributed by atoms with Gasteiger partial charge in [-0.05, 0) is 48.6 Å². The summed E-state index contributed by atoms with van der Waals surface area (Å²) in [7, 11) is 3.03. The quantitative estimate of drug-likeness (QED) is 0.620. The number of benzene rings is 2. The van der Waals surface area contributed by atoms with Crippen LogP contribution in [-0.4, -0.2) is 20.0 Å². The lowest BCUT2D eigenvalue weighted by Gasteiger charge is -2.02. The highest BCUT2D eigenvalue weighted by Gasteiger charge is 2.04. The first-order valence-electron chi connectivity index (χ1n) is 6.34. The minimum Gasteiger partial charge on any atom is -0.497 e. The van der Waals surface area contributed by atoms with Gasteiger partial charge in [0.25, 0.3) is 0 Å². The number of halogens is 1. The van der Waals surface area contributed by atoms with Crippen molar-refractivity contribution in [2.45, 2.75) is 0 Å². The van der Waals surface area contributed by atoms with Crippen molar-refractivity contribution in [1.29, 1.82) is 0 Å². The molecule has 2 aromatic rings. The van der Waals surface area contributed by atoms with E-state index in [0.717, 1.165) is 0 Å². The first kappa shape index (κ1) is 14.8.